The van der Waals surface area contributed by atoms with Crippen LogP contribution in [0.5, 0.6) is 5.75 Å². The molecule has 1 atom stereocenters. The molecule has 0 bridgehead atoms. The van der Waals surface area contributed by atoms with Crippen molar-refractivity contribution in [1.29, 1.82) is 0 Å². The van der Waals surface area contributed by atoms with Crippen LogP contribution in [0.4, 0.5) is 0 Å². The summed E-state index contributed by atoms with van der Waals surface area (Å²) in [7, 11) is 0. The summed E-state index contributed by atoms with van der Waals surface area (Å²) in [5, 5.41) is 1.94. The summed E-state index contributed by atoms with van der Waals surface area (Å²) in [6, 6.07) is 17.3. The molecule has 194 valence electrons. The van der Waals surface area contributed by atoms with E-state index in [-0.39, 0.29) is 12.2 Å². The van der Waals surface area contributed by atoms with E-state index in [0.717, 1.165) is 28.9 Å². The predicted molar refractivity (Wildman–Crippen MR) is 167 cm³/mol. The Morgan fingerprint density at radius 1 is 1.16 bits per heavy atom. The van der Waals surface area contributed by atoms with E-state index in [1.165, 1.54) is 22.7 Å². The monoisotopic (exact) mass is 768 g/mol. The summed E-state index contributed by atoms with van der Waals surface area (Å²) in [5.41, 5.74) is 2.63. The smallest absolute Gasteiger partial charge is 0.338 e. The fourth-order valence-corrected chi connectivity index (χ4v) is 8.12. The summed E-state index contributed by atoms with van der Waals surface area (Å²) < 4.78 is 15.7. The molecule has 4 aromatic rings. The zero-order valence-corrected chi connectivity index (χ0v) is 26.4. The molecule has 0 N–H and O–H groups in total. The predicted octanol–water partition coefficient (Wildman–Crippen LogP) is 5.65. The van der Waals surface area contributed by atoms with Gasteiger partial charge in [0.05, 0.1) is 26.0 Å². The molecular formula is C28H22I2N2O4S2. The Balaban J connectivity index is 1.64. The Hall–Kier alpha value is -2.29. The number of thiazole rings is 1. The molecule has 0 saturated carbocycles. The van der Waals surface area contributed by atoms with E-state index in [2.05, 4.69) is 50.2 Å². The number of thiophene rings is 1. The van der Waals surface area contributed by atoms with Gasteiger partial charge < -0.3 is 9.47 Å². The molecular weight excluding hydrogens is 746 g/mol. The van der Waals surface area contributed by atoms with Gasteiger partial charge in [0.2, 0.25) is 0 Å². The number of halogens is 2. The molecule has 0 saturated heterocycles. The fourth-order valence-electron chi connectivity index (χ4n) is 4.22. The molecule has 0 spiro atoms. The Bertz CT molecular complexity index is 1710. The molecule has 3 heterocycles. The number of hydrogen-bond acceptors (Lipinski definition) is 7. The molecule has 0 amide bonds. The number of carbonyl (C=O) groups excluding carboxylic acids is 1. The van der Waals surface area contributed by atoms with Crippen LogP contribution < -0.4 is 19.6 Å². The van der Waals surface area contributed by atoms with Crippen LogP contribution in [0.3, 0.4) is 0 Å². The van der Waals surface area contributed by atoms with Crippen LogP contribution in [0.1, 0.15) is 35.9 Å². The van der Waals surface area contributed by atoms with Crippen molar-refractivity contribution in [2.75, 3.05) is 6.61 Å². The van der Waals surface area contributed by atoms with Gasteiger partial charge in [-0.2, -0.15) is 0 Å². The minimum absolute atomic E-state index is 0.204. The molecule has 6 nitrogen and oxygen atoms in total. The zero-order chi connectivity index (χ0) is 26.8. The number of allylic oxidation sites excluding steroid dienone is 1. The largest absolute Gasteiger partial charge is 0.487 e. The van der Waals surface area contributed by atoms with Gasteiger partial charge >= 0.3 is 5.97 Å². The molecule has 0 aliphatic carbocycles. The third-order valence-electron chi connectivity index (χ3n) is 5.88. The van der Waals surface area contributed by atoms with E-state index in [0.29, 0.717) is 27.2 Å². The van der Waals surface area contributed by atoms with Crippen LogP contribution in [0, 0.1) is 7.14 Å². The number of esters is 1. The van der Waals surface area contributed by atoms with Gasteiger partial charge in [-0.15, -0.1) is 11.3 Å². The van der Waals surface area contributed by atoms with E-state index in [9.17, 15) is 9.59 Å². The molecule has 38 heavy (non-hydrogen) atoms. The molecule has 2 aromatic heterocycles. The minimum atomic E-state index is -0.586. The average molecular weight is 768 g/mol. The van der Waals surface area contributed by atoms with Crippen molar-refractivity contribution in [3.05, 3.63) is 114 Å². The van der Waals surface area contributed by atoms with Crippen LogP contribution in [-0.4, -0.2) is 17.1 Å². The standard InChI is InChI=1S/C28H22I2N2O4S2/c1-3-35-27(34)23-16(2)31-28-32(24(23)21-10-7-11-37-21)26(33)22(38-28)13-18-12-19(29)14-20(30)25(18)36-15-17-8-5-4-6-9-17/h4-14,24H,3,15H2,1-2H3/b22-13-/t24-/m1/s1. The SMILES string of the molecule is CCOC(=O)C1=C(C)N=c2s/c(=C\c3cc(I)cc(I)c3OCc3ccccc3)c(=O)n2[C@@H]1c1cccs1. The summed E-state index contributed by atoms with van der Waals surface area (Å²) in [5.74, 6) is 0.268. The van der Waals surface area contributed by atoms with Crippen molar-refractivity contribution in [3.63, 3.8) is 0 Å². The number of rotatable bonds is 7. The lowest BCUT2D eigenvalue weighted by atomic mass is 10.0. The zero-order valence-electron chi connectivity index (χ0n) is 20.4. The third kappa shape index (κ3) is 5.54. The highest BCUT2D eigenvalue weighted by atomic mass is 127. The maximum atomic E-state index is 13.9. The van der Waals surface area contributed by atoms with Crippen molar-refractivity contribution in [2.24, 2.45) is 4.99 Å². The van der Waals surface area contributed by atoms with Crippen molar-refractivity contribution in [3.8, 4) is 5.75 Å². The molecule has 5 rings (SSSR count). The first-order chi connectivity index (χ1) is 18.4. The lowest BCUT2D eigenvalue weighted by Gasteiger charge is -2.23. The van der Waals surface area contributed by atoms with Crippen molar-refractivity contribution in [2.45, 2.75) is 26.5 Å². The number of nitrogens with zero attached hydrogens (tertiary/aromatic N) is 2. The fraction of sp³-hybridized carbons (Fsp3) is 0.179. The van der Waals surface area contributed by atoms with E-state index in [4.69, 9.17) is 9.47 Å². The second kappa shape index (κ2) is 11.8. The number of aromatic nitrogens is 1. The Kier molecular flexibility index (Phi) is 8.50. The number of carbonyl (C=O) groups is 1. The first kappa shape index (κ1) is 27.3. The Labute approximate surface area is 254 Å². The highest BCUT2D eigenvalue weighted by Crippen LogP contribution is 2.33. The summed E-state index contributed by atoms with van der Waals surface area (Å²) in [6.07, 6.45) is 1.86. The minimum Gasteiger partial charge on any atom is -0.487 e. The molecule has 0 unspecified atom stereocenters. The Morgan fingerprint density at radius 2 is 1.95 bits per heavy atom. The lowest BCUT2D eigenvalue weighted by molar-refractivity contribution is -0.139. The first-order valence-electron chi connectivity index (χ1n) is 11.8. The molecule has 10 heteroatoms. The maximum absolute atomic E-state index is 13.9. The van der Waals surface area contributed by atoms with Gasteiger partial charge in [0.25, 0.3) is 5.56 Å². The second-order valence-corrected chi connectivity index (χ2v) is 12.8. The second-order valence-electron chi connectivity index (χ2n) is 8.40. The third-order valence-corrected chi connectivity index (χ3v) is 9.21. The summed E-state index contributed by atoms with van der Waals surface area (Å²) >= 11 is 7.34. The number of ether oxygens (including phenoxy) is 2. The molecule has 0 fully saturated rings. The topological polar surface area (TPSA) is 69.9 Å². The van der Waals surface area contributed by atoms with Gasteiger partial charge in [-0.1, -0.05) is 47.7 Å². The number of fused-ring (bicyclic) bond motifs is 1. The van der Waals surface area contributed by atoms with Crippen LogP contribution in [-0.2, 0) is 16.1 Å². The number of hydrogen-bond donors (Lipinski definition) is 0. The van der Waals surface area contributed by atoms with Gasteiger partial charge in [0.15, 0.2) is 4.80 Å². The highest BCUT2D eigenvalue weighted by molar-refractivity contribution is 14.1. The van der Waals surface area contributed by atoms with E-state index in [1.807, 2.05) is 66.1 Å². The summed E-state index contributed by atoms with van der Waals surface area (Å²) in [4.78, 5) is 32.9. The number of benzene rings is 2. The van der Waals surface area contributed by atoms with Crippen molar-refractivity contribution < 1.29 is 14.3 Å². The first-order valence-corrected chi connectivity index (χ1v) is 15.6. The van der Waals surface area contributed by atoms with Crippen molar-refractivity contribution >= 4 is 79.9 Å². The van der Waals surface area contributed by atoms with Crippen LogP contribution in [0.2, 0.25) is 0 Å². The Morgan fingerprint density at radius 3 is 2.66 bits per heavy atom. The lowest BCUT2D eigenvalue weighted by Crippen LogP contribution is -2.39. The van der Waals surface area contributed by atoms with Gasteiger partial charge in [-0.05, 0) is 94.2 Å². The normalized spacial score (nSPS) is 15.3. The molecule has 1 aliphatic heterocycles. The van der Waals surface area contributed by atoms with Gasteiger partial charge in [0.1, 0.15) is 18.4 Å². The summed E-state index contributed by atoms with van der Waals surface area (Å²) in [6.45, 7) is 4.22. The molecule has 2 aromatic carbocycles. The van der Waals surface area contributed by atoms with Crippen LogP contribution in [0.15, 0.2) is 81.0 Å². The van der Waals surface area contributed by atoms with Gasteiger partial charge in [-0.25, -0.2) is 9.79 Å². The van der Waals surface area contributed by atoms with Crippen LogP contribution in [0.25, 0.3) is 6.08 Å². The van der Waals surface area contributed by atoms with Gasteiger partial charge in [-0.3, -0.25) is 9.36 Å². The average Bonchev–Trinajstić information content (AvgIpc) is 3.52. The van der Waals surface area contributed by atoms with Crippen LogP contribution >= 0.6 is 67.9 Å². The molecule has 0 radical (unpaired) electrons. The van der Waals surface area contributed by atoms with E-state index in [1.54, 1.807) is 18.4 Å². The van der Waals surface area contributed by atoms with Gasteiger partial charge in [0, 0.05) is 14.0 Å². The maximum Gasteiger partial charge on any atom is 0.338 e. The van der Waals surface area contributed by atoms with E-state index < -0.39 is 12.0 Å². The molecule has 1 aliphatic rings. The van der Waals surface area contributed by atoms with Crippen molar-refractivity contribution in [1.82, 2.24) is 4.57 Å². The quantitative estimate of drug-likeness (QED) is 0.180. The van der Waals surface area contributed by atoms with E-state index >= 15 is 0 Å². The highest BCUT2D eigenvalue weighted by Gasteiger charge is 2.33.